The molecule has 1 aliphatic rings. The molecule has 12 nitrogen and oxygen atoms in total. The first kappa shape index (κ1) is 22.8. The number of hydrogen-bond acceptors (Lipinski definition) is 10. The molecule has 0 aromatic rings. The Hall–Kier alpha value is -2.28. The van der Waals surface area contributed by atoms with Crippen molar-refractivity contribution in [2.45, 2.75) is 63.4 Å². The molecular formula is C15H23NO11. The number of aliphatic carboxylic acids is 1. The first-order valence-electron chi connectivity index (χ1n) is 7.95. The monoisotopic (exact) mass is 393 g/mol. The Morgan fingerprint density at radius 2 is 1.81 bits per heavy atom. The summed E-state index contributed by atoms with van der Waals surface area (Å²) in [5.74, 6) is -7.08. The zero-order valence-corrected chi connectivity index (χ0v) is 14.9. The third-order valence-corrected chi connectivity index (χ3v) is 3.78. The number of esters is 2. The summed E-state index contributed by atoms with van der Waals surface area (Å²) in [6.45, 7) is 2.22. The van der Waals surface area contributed by atoms with Gasteiger partial charge in [0.25, 0.3) is 5.79 Å². The fourth-order valence-corrected chi connectivity index (χ4v) is 2.76. The molecule has 0 aromatic heterocycles. The van der Waals surface area contributed by atoms with Crippen molar-refractivity contribution in [3.8, 4) is 0 Å². The Bertz CT molecular complexity index is 594. The average Bonchev–Trinajstić information content (AvgIpc) is 2.53. The minimum absolute atomic E-state index is 0.633. The molecule has 0 aliphatic carbocycles. The van der Waals surface area contributed by atoms with Gasteiger partial charge in [-0.25, -0.2) is 4.79 Å². The smallest absolute Gasteiger partial charge is 0.364 e. The lowest BCUT2D eigenvalue weighted by molar-refractivity contribution is -0.297. The van der Waals surface area contributed by atoms with Crippen molar-refractivity contribution in [1.82, 2.24) is 5.32 Å². The number of carboxylic acids is 1. The van der Waals surface area contributed by atoms with Crippen LogP contribution in [0.25, 0.3) is 0 Å². The lowest BCUT2D eigenvalue weighted by atomic mass is 9.88. The molecule has 1 unspecified atom stereocenters. The van der Waals surface area contributed by atoms with E-state index in [-0.39, 0.29) is 0 Å². The number of carboxylic acid groups (broad SMARTS) is 1. The second kappa shape index (κ2) is 9.08. The molecule has 6 atom stereocenters. The van der Waals surface area contributed by atoms with E-state index in [2.05, 4.69) is 5.32 Å². The zero-order valence-electron chi connectivity index (χ0n) is 14.9. The van der Waals surface area contributed by atoms with Gasteiger partial charge in [-0.3, -0.25) is 14.4 Å². The molecule has 5 N–H and O–H groups in total. The first-order chi connectivity index (χ1) is 12.4. The highest BCUT2D eigenvalue weighted by Gasteiger charge is 2.56. The largest absolute Gasteiger partial charge is 0.477 e. The molecule has 154 valence electrons. The van der Waals surface area contributed by atoms with Gasteiger partial charge in [0.15, 0.2) is 6.10 Å². The molecule has 27 heavy (non-hydrogen) atoms. The van der Waals surface area contributed by atoms with Gasteiger partial charge in [0.05, 0.1) is 19.1 Å². The summed E-state index contributed by atoms with van der Waals surface area (Å²) in [5.41, 5.74) is 0. The maximum Gasteiger partial charge on any atom is 0.364 e. The van der Waals surface area contributed by atoms with E-state index in [4.69, 9.17) is 14.2 Å². The highest BCUT2D eigenvalue weighted by atomic mass is 16.7. The highest BCUT2D eigenvalue weighted by molar-refractivity contribution is 5.76. The van der Waals surface area contributed by atoms with E-state index in [0.29, 0.717) is 0 Å². The Morgan fingerprint density at radius 3 is 2.22 bits per heavy atom. The van der Waals surface area contributed by atoms with Crippen LogP contribution in [0.4, 0.5) is 0 Å². The third kappa shape index (κ3) is 5.85. The number of aliphatic hydroxyl groups is 3. The van der Waals surface area contributed by atoms with Crippen LogP contribution in [-0.4, -0.2) is 87.1 Å². The molecule has 0 bridgehead atoms. The Balaban J connectivity index is 3.42. The number of aliphatic hydroxyl groups excluding tert-OH is 2. The number of rotatable bonds is 7. The van der Waals surface area contributed by atoms with E-state index in [1.54, 1.807) is 0 Å². The molecule has 1 fully saturated rings. The van der Waals surface area contributed by atoms with Crippen molar-refractivity contribution >= 4 is 23.8 Å². The number of carbonyl (C=O) groups is 4. The number of carbonyl (C=O) groups excluding carboxylic acids is 3. The Kier molecular flexibility index (Phi) is 7.65. The summed E-state index contributed by atoms with van der Waals surface area (Å²) in [6, 6.07) is -1.29. The molecule has 0 spiro atoms. The molecule has 0 radical (unpaired) electrons. The zero-order chi connectivity index (χ0) is 20.9. The van der Waals surface area contributed by atoms with E-state index < -0.39 is 73.1 Å². The maximum atomic E-state index is 11.6. The molecule has 12 heteroatoms. The van der Waals surface area contributed by atoms with Crippen LogP contribution >= 0.6 is 0 Å². The van der Waals surface area contributed by atoms with E-state index in [1.165, 1.54) is 0 Å². The second-order valence-electron chi connectivity index (χ2n) is 6.07. The molecule has 1 heterocycles. The molecule has 0 aromatic carbocycles. The van der Waals surface area contributed by atoms with E-state index in [9.17, 15) is 39.6 Å². The molecule has 1 amide bonds. The second-order valence-corrected chi connectivity index (χ2v) is 6.07. The van der Waals surface area contributed by atoms with E-state index in [1.807, 2.05) is 0 Å². The predicted molar refractivity (Wildman–Crippen MR) is 83.9 cm³/mol. The fraction of sp³-hybridized carbons (Fsp3) is 0.733. The first-order valence-corrected chi connectivity index (χ1v) is 7.95. The molecular weight excluding hydrogens is 370 g/mol. The highest BCUT2D eigenvalue weighted by Crippen LogP contribution is 2.33. The van der Waals surface area contributed by atoms with Crippen molar-refractivity contribution in [1.29, 1.82) is 0 Å². The van der Waals surface area contributed by atoms with Crippen molar-refractivity contribution in [2.75, 3.05) is 6.61 Å². The lowest BCUT2D eigenvalue weighted by Gasteiger charge is -2.46. The quantitative estimate of drug-likeness (QED) is 0.282. The van der Waals surface area contributed by atoms with Crippen molar-refractivity contribution < 1.29 is 53.8 Å². The van der Waals surface area contributed by atoms with Crippen LogP contribution in [-0.2, 0) is 33.4 Å². The van der Waals surface area contributed by atoms with Crippen LogP contribution in [0.2, 0.25) is 0 Å². The van der Waals surface area contributed by atoms with Crippen LogP contribution in [0.3, 0.4) is 0 Å². The van der Waals surface area contributed by atoms with Gasteiger partial charge in [-0.1, -0.05) is 0 Å². The predicted octanol–water partition coefficient (Wildman–Crippen LogP) is -2.73. The van der Waals surface area contributed by atoms with Crippen LogP contribution < -0.4 is 5.32 Å². The van der Waals surface area contributed by atoms with Crippen molar-refractivity contribution in [3.63, 3.8) is 0 Å². The summed E-state index contributed by atoms with van der Waals surface area (Å²) in [6.07, 6.45) is -7.24. The van der Waals surface area contributed by atoms with Crippen LogP contribution in [0.1, 0.15) is 27.2 Å². The van der Waals surface area contributed by atoms with Gasteiger partial charge in [-0.05, 0) is 0 Å². The fourth-order valence-electron chi connectivity index (χ4n) is 2.76. The van der Waals surface area contributed by atoms with Crippen molar-refractivity contribution in [3.05, 3.63) is 0 Å². The number of ether oxygens (including phenoxy) is 3. The summed E-state index contributed by atoms with van der Waals surface area (Å²) in [7, 11) is 0. The molecule has 1 saturated heterocycles. The number of nitrogens with one attached hydrogen (secondary N) is 1. The van der Waals surface area contributed by atoms with Gasteiger partial charge in [0.1, 0.15) is 18.3 Å². The molecule has 1 rings (SSSR count). The van der Waals surface area contributed by atoms with Crippen LogP contribution in [0.5, 0.6) is 0 Å². The SMILES string of the molecule is CC(=O)N[C@H]1[C@H]([C@H](OC(C)=O)[C@H](O)CO)OC(O)(C(=O)O)C[C@@H]1OC(C)=O. The standard InChI is InChI=1S/C15H23NO11/c1-6(18)16-11-10(25-7(2)19)4-15(24,14(22)23)27-13(11)12(9(21)5-17)26-8(3)20/h9-13,17,21,24H,4-5H2,1-3H3,(H,16,18)(H,22,23)/t9-,10+,11-,12-,13-,15?/m1/s1. The Morgan fingerprint density at radius 1 is 1.22 bits per heavy atom. The van der Waals surface area contributed by atoms with E-state index in [0.717, 1.165) is 20.8 Å². The van der Waals surface area contributed by atoms with Gasteiger partial charge < -0.3 is 40.0 Å². The van der Waals surface area contributed by atoms with E-state index >= 15 is 0 Å². The summed E-state index contributed by atoms with van der Waals surface area (Å²) >= 11 is 0. The van der Waals surface area contributed by atoms with Crippen LogP contribution in [0.15, 0.2) is 0 Å². The third-order valence-electron chi connectivity index (χ3n) is 3.78. The van der Waals surface area contributed by atoms with Crippen molar-refractivity contribution in [2.24, 2.45) is 0 Å². The minimum atomic E-state index is -2.87. The van der Waals surface area contributed by atoms with Gasteiger partial charge >= 0.3 is 17.9 Å². The lowest BCUT2D eigenvalue weighted by Crippen LogP contribution is -2.68. The van der Waals surface area contributed by atoms with Gasteiger partial charge in [0.2, 0.25) is 5.91 Å². The molecule has 0 saturated carbocycles. The normalized spacial score (nSPS) is 29.9. The number of hydrogen-bond donors (Lipinski definition) is 5. The van der Waals surface area contributed by atoms with Gasteiger partial charge in [-0.2, -0.15) is 0 Å². The molecule has 1 aliphatic heterocycles. The summed E-state index contributed by atoms with van der Waals surface area (Å²) in [4.78, 5) is 45.8. The van der Waals surface area contributed by atoms with Gasteiger partial charge in [0, 0.05) is 20.8 Å². The number of amides is 1. The minimum Gasteiger partial charge on any atom is -0.477 e. The summed E-state index contributed by atoms with van der Waals surface area (Å²) < 4.78 is 15.1. The topological polar surface area (TPSA) is 189 Å². The van der Waals surface area contributed by atoms with Gasteiger partial charge in [-0.15, -0.1) is 0 Å². The average molecular weight is 393 g/mol. The van der Waals surface area contributed by atoms with Crippen LogP contribution in [0, 0.1) is 0 Å². The Labute approximate surface area is 154 Å². The maximum absolute atomic E-state index is 11.6. The summed E-state index contributed by atoms with van der Waals surface area (Å²) in [5, 5.41) is 41.1.